The van der Waals surface area contributed by atoms with E-state index in [1.54, 1.807) is 4.68 Å². The van der Waals surface area contributed by atoms with Crippen LogP contribution in [0.2, 0.25) is 0 Å². The highest BCUT2D eigenvalue weighted by atomic mass is 19.1. The van der Waals surface area contributed by atoms with E-state index in [-0.39, 0.29) is 11.7 Å². The van der Waals surface area contributed by atoms with Crippen molar-refractivity contribution in [2.75, 3.05) is 0 Å². The summed E-state index contributed by atoms with van der Waals surface area (Å²) in [5.41, 5.74) is 1.16. The van der Waals surface area contributed by atoms with E-state index in [2.05, 4.69) is 10.3 Å². The first kappa shape index (κ1) is 12.7. The summed E-state index contributed by atoms with van der Waals surface area (Å²) < 4.78 is 28.4. The van der Waals surface area contributed by atoms with Crippen molar-refractivity contribution < 1.29 is 8.78 Å². The van der Waals surface area contributed by atoms with Gasteiger partial charge in [-0.2, -0.15) is 0 Å². The maximum Gasteiger partial charge on any atom is 0.126 e. The van der Waals surface area contributed by atoms with E-state index in [0.717, 1.165) is 24.4 Å². The topological polar surface area (TPSA) is 30.7 Å². The average Bonchev–Trinajstić information content (AvgIpc) is 2.80. The second-order valence-electron chi connectivity index (χ2n) is 4.34. The molecule has 5 heteroatoms. The number of rotatable bonds is 4. The minimum Gasteiger partial charge on any atom is -0.253 e. The molecule has 1 unspecified atom stereocenters. The average molecular weight is 251 g/mol. The molecular weight excluding hydrogens is 236 g/mol. The fraction of sp³-hybridized carbons (Fsp3) is 0.385. The van der Waals surface area contributed by atoms with Gasteiger partial charge in [-0.1, -0.05) is 12.1 Å². The van der Waals surface area contributed by atoms with Crippen LogP contribution in [0.15, 0.2) is 24.4 Å². The largest absolute Gasteiger partial charge is 0.253 e. The Labute approximate surface area is 104 Å². The molecule has 2 rings (SSSR count). The van der Waals surface area contributed by atoms with E-state index < -0.39 is 5.82 Å². The fourth-order valence-corrected chi connectivity index (χ4v) is 1.90. The van der Waals surface area contributed by atoms with Gasteiger partial charge in [0.2, 0.25) is 0 Å². The van der Waals surface area contributed by atoms with E-state index in [0.29, 0.717) is 12.0 Å². The summed E-state index contributed by atoms with van der Waals surface area (Å²) in [6.45, 7) is 4.56. The molecule has 18 heavy (non-hydrogen) atoms. The molecule has 0 bridgehead atoms. The van der Waals surface area contributed by atoms with Crippen LogP contribution in [0.5, 0.6) is 0 Å². The molecule has 0 spiro atoms. The molecular formula is C13H15F2N3. The Bertz CT molecular complexity index is 537. The molecule has 0 aliphatic carbocycles. The molecule has 0 fully saturated rings. The van der Waals surface area contributed by atoms with Crippen LogP contribution in [0.3, 0.4) is 0 Å². The van der Waals surface area contributed by atoms with Crippen LogP contribution in [0, 0.1) is 11.6 Å². The Hall–Kier alpha value is -1.78. The zero-order chi connectivity index (χ0) is 13.1. The zero-order valence-electron chi connectivity index (χ0n) is 10.4. The van der Waals surface area contributed by atoms with Crippen molar-refractivity contribution in [3.05, 3.63) is 47.3 Å². The van der Waals surface area contributed by atoms with Crippen molar-refractivity contribution in [1.82, 2.24) is 15.0 Å². The summed E-state index contributed by atoms with van der Waals surface area (Å²) in [5.74, 6) is -0.940. The lowest BCUT2D eigenvalue weighted by atomic mass is 9.96. The quantitative estimate of drug-likeness (QED) is 0.836. The van der Waals surface area contributed by atoms with Crippen molar-refractivity contribution >= 4 is 0 Å². The maximum absolute atomic E-state index is 13.6. The van der Waals surface area contributed by atoms with Crippen LogP contribution in [0.4, 0.5) is 8.78 Å². The number of aromatic nitrogens is 3. The molecule has 0 saturated carbocycles. The molecule has 0 aliphatic rings. The van der Waals surface area contributed by atoms with Crippen LogP contribution in [-0.4, -0.2) is 15.0 Å². The number of hydrogen-bond acceptors (Lipinski definition) is 2. The lowest BCUT2D eigenvalue weighted by Gasteiger charge is -2.11. The van der Waals surface area contributed by atoms with Crippen molar-refractivity contribution in [3.63, 3.8) is 0 Å². The summed E-state index contributed by atoms with van der Waals surface area (Å²) in [7, 11) is 0. The van der Waals surface area contributed by atoms with Crippen molar-refractivity contribution in [3.8, 4) is 0 Å². The number of hydrogen-bond donors (Lipinski definition) is 0. The van der Waals surface area contributed by atoms with Crippen LogP contribution in [-0.2, 0) is 13.0 Å². The summed E-state index contributed by atoms with van der Waals surface area (Å²) in [5, 5.41) is 7.92. The summed E-state index contributed by atoms with van der Waals surface area (Å²) in [4.78, 5) is 0. The Morgan fingerprint density at radius 3 is 2.78 bits per heavy atom. The first-order valence-corrected chi connectivity index (χ1v) is 5.94. The molecule has 1 heterocycles. The van der Waals surface area contributed by atoms with Gasteiger partial charge in [-0.05, 0) is 43.0 Å². The molecule has 0 amide bonds. The van der Waals surface area contributed by atoms with Crippen LogP contribution >= 0.6 is 0 Å². The van der Waals surface area contributed by atoms with Gasteiger partial charge in [-0.3, -0.25) is 4.68 Å². The predicted octanol–water partition coefficient (Wildman–Crippen LogP) is 2.92. The second-order valence-corrected chi connectivity index (χ2v) is 4.34. The van der Waals surface area contributed by atoms with Gasteiger partial charge in [-0.25, -0.2) is 8.78 Å². The number of nitrogens with zero attached hydrogens (tertiary/aromatic N) is 3. The van der Waals surface area contributed by atoms with Gasteiger partial charge in [0, 0.05) is 12.7 Å². The molecule has 1 aromatic heterocycles. The first-order chi connectivity index (χ1) is 8.60. The zero-order valence-corrected chi connectivity index (χ0v) is 10.4. The van der Waals surface area contributed by atoms with Gasteiger partial charge in [0.25, 0.3) is 0 Å². The van der Waals surface area contributed by atoms with Crippen molar-refractivity contribution in [2.24, 2.45) is 0 Å². The second kappa shape index (κ2) is 5.25. The van der Waals surface area contributed by atoms with Crippen molar-refractivity contribution in [2.45, 2.75) is 32.7 Å². The smallest absolute Gasteiger partial charge is 0.126 e. The highest BCUT2D eigenvalue weighted by Crippen LogP contribution is 2.23. The number of halogens is 2. The molecule has 96 valence electrons. The van der Waals surface area contributed by atoms with E-state index in [1.807, 2.05) is 20.0 Å². The third-order valence-electron chi connectivity index (χ3n) is 2.91. The highest BCUT2D eigenvalue weighted by Gasteiger charge is 2.14. The molecule has 1 atom stereocenters. The molecule has 0 aliphatic heterocycles. The van der Waals surface area contributed by atoms with E-state index >= 15 is 0 Å². The predicted molar refractivity (Wildman–Crippen MR) is 64.2 cm³/mol. The van der Waals surface area contributed by atoms with E-state index in [1.165, 1.54) is 6.07 Å². The van der Waals surface area contributed by atoms with Gasteiger partial charge < -0.3 is 0 Å². The minimum absolute atomic E-state index is 0.136. The maximum atomic E-state index is 13.6. The van der Waals surface area contributed by atoms with Crippen LogP contribution < -0.4 is 0 Å². The molecule has 0 N–H and O–H groups in total. The lowest BCUT2D eigenvalue weighted by molar-refractivity contribution is 0.565. The standard InChI is InChI=1S/C13H15F2N3/c1-3-18-8-11(16-17-18)6-9(2)12-7-10(14)4-5-13(12)15/h4-5,7-9H,3,6H2,1-2H3. The number of benzene rings is 1. The van der Waals surface area contributed by atoms with Gasteiger partial charge in [-0.15, -0.1) is 5.10 Å². The Morgan fingerprint density at radius 1 is 1.33 bits per heavy atom. The highest BCUT2D eigenvalue weighted by molar-refractivity contribution is 5.23. The summed E-state index contributed by atoms with van der Waals surface area (Å²) in [6, 6.07) is 3.52. The third-order valence-corrected chi connectivity index (χ3v) is 2.91. The van der Waals surface area contributed by atoms with Gasteiger partial charge in [0.1, 0.15) is 11.6 Å². The molecule has 0 radical (unpaired) electrons. The fourth-order valence-electron chi connectivity index (χ4n) is 1.90. The molecule has 2 aromatic rings. The SMILES string of the molecule is CCn1cc(CC(C)c2cc(F)ccc2F)nn1. The normalized spacial score (nSPS) is 12.7. The van der Waals surface area contributed by atoms with Gasteiger partial charge in [0.15, 0.2) is 0 Å². The van der Waals surface area contributed by atoms with Gasteiger partial charge >= 0.3 is 0 Å². The van der Waals surface area contributed by atoms with Crippen LogP contribution in [0.25, 0.3) is 0 Å². The third kappa shape index (κ3) is 2.72. The van der Waals surface area contributed by atoms with E-state index in [4.69, 9.17) is 0 Å². The summed E-state index contributed by atoms with van der Waals surface area (Å²) >= 11 is 0. The summed E-state index contributed by atoms with van der Waals surface area (Å²) in [6.07, 6.45) is 2.37. The Kier molecular flexibility index (Phi) is 3.69. The minimum atomic E-state index is -0.421. The molecule has 3 nitrogen and oxygen atoms in total. The van der Waals surface area contributed by atoms with E-state index in [9.17, 15) is 8.78 Å². The van der Waals surface area contributed by atoms with Gasteiger partial charge in [0.05, 0.1) is 5.69 Å². The molecule has 0 saturated heterocycles. The van der Waals surface area contributed by atoms with Crippen LogP contribution in [0.1, 0.15) is 31.0 Å². The monoisotopic (exact) mass is 251 g/mol. The Morgan fingerprint density at radius 2 is 2.11 bits per heavy atom. The Balaban J connectivity index is 2.16. The number of aryl methyl sites for hydroxylation is 1. The first-order valence-electron chi connectivity index (χ1n) is 5.94. The van der Waals surface area contributed by atoms with Crippen molar-refractivity contribution in [1.29, 1.82) is 0 Å². The lowest BCUT2D eigenvalue weighted by Crippen LogP contribution is -2.02. The molecule has 1 aromatic carbocycles.